The molecule has 0 aliphatic heterocycles. The summed E-state index contributed by atoms with van der Waals surface area (Å²) >= 11 is 0. The average molecular weight is 206 g/mol. The molecule has 0 spiro atoms. The first kappa shape index (κ1) is 11.8. The molecule has 82 valence electrons. The Morgan fingerprint density at radius 3 is 2.27 bits per heavy atom. The van der Waals surface area contributed by atoms with Gasteiger partial charge in [0.2, 0.25) is 0 Å². The minimum absolute atomic E-state index is 0.347. The highest BCUT2D eigenvalue weighted by Gasteiger charge is 2.31. The highest BCUT2D eigenvalue weighted by Crippen LogP contribution is 2.30. The zero-order valence-corrected chi connectivity index (χ0v) is 9.74. The number of hydrogen-bond acceptors (Lipinski definition) is 1. The van der Waals surface area contributed by atoms with Gasteiger partial charge in [0.25, 0.3) is 0 Å². The molecule has 0 heterocycles. The SMILES string of the molecule is CC(C)c1ccccc1C(C)(C)C(=O)O. The largest absolute Gasteiger partial charge is 0.481 e. The number of rotatable bonds is 3. The predicted octanol–water partition coefficient (Wildman–Crippen LogP) is 3.17. The standard InChI is InChI=1S/C13H18O2/c1-9(2)10-7-5-6-8-11(10)13(3,4)12(14)15/h5-9H,1-4H3,(H,14,15). The maximum absolute atomic E-state index is 11.2. The fraction of sp³-hybridized carbons (Fsp3) is 0.462. The van der Waals surface area contributed by atoms with Gasteiger partial charge >= 0.3 is 5.97 Å². The molecular weight excluding hydrogens is 188 g/mol. The van der Waals surface area contributed by atoms with E-state index < -0.39 is 11.4 Å². The van der Waals surface area contributed by atoms with E-state index in [0.29, 0.717) is 5.92 Å². The fourth-order valence-electron chi connectivity index (χ4n) is 1.68. The summed E-state index contributed by atoms with van der Waals surface area (Å²) in [5.74, 6) is -0.435. The summed E-state index contributed by atoms with van der Waals surface area (Å²) in [5.41, 5.74) is 1.21. The Morgan fingerprint density at radius 1 is 1.27 bits per heavy atom. The third kappa shape index (κ3) is 2.20. The molecule has 0 amide bonds. The molecule has 0 bridgehead atoms. The third-order valence-corrected chi connectivity index (χ3v) is 2.79. The van der Waals surface area contributed by atoms with Crippen molar-refractivity contribution in [2.75, 3.05) is 0 Å². The molecule has 1 rings (SSSR count). The second-order valence-corrected chi connectivity index (χ2v) is 4.67. The van der Waals surface area contributed by atoms with Crippen LogP contribution in [0.2, 0.25) is 0 Å². The van der Waals surface area contributed by atoms with Crippen molar-refractivity contribution in [1.82, 2.24) is 0 Å². The van der Waals surface area contributed by atoms with Crippen molar-refractivity contribution < 1.29 is 9.90 Å². The van der Waals surface area contributed by atoms with Crippen LogP contribution in [-0.2, 0) is 10.2 Å². The molecule has 0 atom stereocenters. The maximum atomic E-state index is 11.2. The average Bonchev–Trinajstić information content (AvgIpc) is 2.17. The first-order valence-electron chi connectivity index (χ1n) is 5.20. The summed E-state index contributed by atoms with van der Waals surface area (Å²) in [6.07, 6.45) is 0. The summed E-state index contributed by atoms with van der Waals surface area (Å²) in [7, 11) is 0. The van der Waals surface area contributed by atoms with E-state index in [0.717, 1.165) is 11.1 Å². The lowest BCUT2D eigenvalue weighted by Crippen LogP contribution is -2.29. The second-order valence-electron chi connectivity index (χ2n) is 4.67. The van der Waals surface area contributed by atoms with Crippen LogP contribution in [0.3, 0.4) is 0 Å². The summed E-state index contributed by atoms with van der Waals surface area (Å²) in [5, 5.41) is 9.20. The molecule has 15 heavy (non-hydrogen) atoms. The minimum atomic E-state index is -0.819. The van der Waals surface area contributed by atoms with Gasteiger partial charge in [-0.15, -0.1) is 0 Å². The fourth-order valence-corrected chi connectivity index (χ4v) is 1.68. The van der Waals surface area contributed by atoms with Gasteiger partial charge in [-0.25, -0.2) is 0 Å². The topological polar surface area (TPSA) is 37.3 Å². The Hall–Kier alpha value is -1.31. The molecular formula is C13H18O2. The number of hydrogen-bond donors (Lipinski definition) is 1. The van der Waals surface area contributed by atoms with E-state index in [1.54, 1.807) is 13.8 Å². The van der Waals surface area contributed by atoms with Crippen LogP contribution >= 0.6 is 0 Å². The van der Waals surface area contributed by atoms with Gasteiger partial charge in [0, 0.05) is 0 Å². The Morgan fingerprint density at radius 2 is 1.80 bits per heavy atom. The molecule has 0 unspecified atom stereocenters. The van der Waals surface area contributed by atoms with Crippen molar-refractivity contribution >= 4 is 5.97 Å². The van der Waals surface area contributed by atoms with Gasteiger partial charge in [-0.2, -0.15) is 0 Å². The Kier molecular flexibility index (Phi) is 3.18. The van der Waals surface area contributed by atoms with Crippen LogP contribution in [0.15, 0.2) is 24.3 Å². The monoisotopic (exact) mass is 206 g/mol. The van der Waals surface area contributed by atoms with Gasteiger partial charge in [0.15, 0.2) is 0 Å². The molecule has 1 N–H and O–H groups in total. The number of carbonyl (C=O) groups is 1. The summed E-state index contributed by atoms with van der Waals surface area (Å²) in [4.78, 5) is 11.2. The zero-order chi connectivity index (χ0) is 11.6. The normalized spacial score (nSPS) is 11.8. The van der Waals surface area contributed by atoms with Crippen molar-refractivity contribution in [2.45, 2.75) is 39.0 Å². The van der Waals surface area contributed by atoms with Crippen molar-refractivity contribution in [2.24, 2.45) is 0 Å². The first-order valence-corrected chi connectivity index (χ1v) is 5.20. The van der Waals surface area contributed by atoms with Crippen molar-refractivity contribution in [3.63, 3.8) is 0 Å². The molecule has 2 heteroatoms. The number of carboxylic acid groups (broad SMARTS) is 1. The van der Waals surface area contributed by atoms with Crippen LogP contribution in [0.5, 0.6) is 0 Å². The predicted molar refractivity (Wildman–Crippen MR) is 61.2 cm³/mol. The first-order chi connectivity index (χ1) is 6.87. The van der Waals surface area contributed by atoms with E-state index in [-0.39, 0.29) is 0 Å². The van der Waals surface area contributed by atoms with E-state index in [1.165, 1.54) is 0 Å². The Balaban J connectivity index is 3.30. The molecule has 2 nitrogen and oxygen atoms in total. The van der Waals surface area contributed by atoms with Crippen LogP contribution in [0.1, 0.15) is 44.7 Å². The molecule has 1 aromatic carbocycles. The van der Waals surface area contributed by atoms with E-state index in [9.17, 15) is 9.90 Å². The van der Waals surface area contributed by atoms with Crippen LogP contribution in [0.25, 0.3) is 0 Å². The molecule has 0 fully saturated rings. The van der Waals surface area contributed by atoms with Crippen LogP contribution in [-0.4, -0.2) is 11.1 Å². The smallest absolute Gasteiger partial charge is 0.313 e. The van der Waals surface area contributed by atoms with Crippen molar-refractivity contribution in [3.05, 3.63) is 35.4 Å². The number of aliphatic carboxylic acids is 1. The number of benzene rings is 1. The van der Waals surface area contributed by atoms with Gasteiger partial charge in [-0.1, -0.05) is 38.1 Å². The van der Waals surface area contributed by atoms with E-state index in [1.807, 2.05) is 24.3 Å². The third-order valence-electron chi connectivity index (χ3n) is 2.79. The zero-order valence-electron chi connectivity index (χ0n) is 9.74. The number of carboxylic acids is 1. The molecule has 0 aliphatic carbocycles. The summed E-state index contributed by atoms with van der Waals surface area (Å²) < 4.78 is 0. The summed E-state index contributed by atoms with van der Waals surface area (Å²) in [6, 6.07) is 7.76. The van der Waals surface area contributed by atoms with Gasteiger partial charge in [0.1, 0.15) is 0 Å². The van der Waals surface area contributed by atoms with Crippen molar-refractivity contribution in [1.29, 1.82) is 0 Å². The highest BCUT2D eigenvalue weighted by atomic mass is 16.4. The lowest BCUT2D eigenvalue weighted by atomic mass is 9.79. The van der Waals surface area contributed by atoms with Gasteiger partial charge in [-0.05, 0) is 30.9 Å². The van der Waals surface area contributed by atoms with Crippen LogP contribution in [0, 0.1) is 0 Å². The quantitative estimate of drug-likeness (QED) is 0.824. The van der Waals surface area contributed by atoms with E-state index in [2.05, 4.69) is 13.8 Å². The molecule has 0 aromatic heterocycles. The van der Waals surface area contributed by atoms with E-state index >= 15 is 0 Å². The van der Waals surface area contributed by atoms with Gasteiger partial charge in [0.05, 0.1) is 5.41 Å². The molecule has 0 saturated carbocycles. The molecule has 0 saturated heterocycles. The molecule has 0 aliphatic rings. The van der Waals surface area contributed by atoms with Gasteiger partial charge in [-0.3, -0.25) is 4.79 Å². The highest BCUT2D eigenvalue weighted by molar-refractivity contribution is 5.80. The van der Waals surface area contributed by atoms with E-state index in [4.69, 9.17) is 0 Å². The summed E-state index contributed by atoms with van der Waals surface area (Å²) in [6.45, 7) is 7.65. The van der Waals surface area contributed by atoms with Crippen LogP contribution < -0.4 is 0 Å². The Bertz CT molecular complexity index is 365. The minimum Gasteiger partial charge on any atom is -0.481 e. The Labute approximate surface area is 90.9 Å². The van der Waals surface area contributed by atoms with Gasteiger partial charge < -0.3 is 5.11 Å². The lowest BCUT2D eigenvalue weighted by molar-refractivity contribution is -0.142. The molecule has 0 radical (unpaired) electrons. The molecule has 1 aromatic rings. The maximum Gasteiger partial charge on any atom is 0.313 e. The van der Waals surface area contributed by atoms with Crippen molar-refractivity contribution in [3.8, 4) is 0 Å². The lowest BCUT2D eigenvalue weighted by Gasteiger charge is -2.24. The second kappa shape index (κ2) is 4.05. The van der Waals surface area contributed by atoms with Crippen LogP contribution in [0.4, 0.5) is 0 Å².